The Balaban J connectivity index is 2.28. The molecule has 5 heteroatoms. The van der Waals surface area contributed by atoms with Gasteiger partial charge in [-0.2, -0.15) is 0 Å². The summed E-state index contributed by atoms with van der Waals surface area (Å²) in [5, 5.41) is 3.65. The number of hydrogen-bond donors (Lipinski definition) is 1. The van der Waals surface area contributed by atoms with Crippen LogP contribution in [0.5, 0.6) is 0 Å². The Labute approximate surface area is 110 Å². The summed E-state index contributed by atoms with van der Waals surface area (Å²) in [6, 6.07) is 12.2. The molecule has 0 amide bonds. The molecular formula is C13H10ClNO2S. The lowest BCUT2D eigenvalue weighted by Gasteiger charge is -2.08. The van der Waals surface area contributed by atoms with Gasteiger partial charge in [0.1, 0.15) is 0 Å². The number of rotatable bonds is 0. The van der Waals surface area contributed by atoms with Crippen molar-refractivity contribution in [3.8, 4) is 0 Å². The first-order valence-electron chi connectivity index (χ1n) is 5.43. The first-order chi connectivity index (χ1) is 8.56. The molecule has 92 valence electrons. The highest BCUT2D eigenvalue weighted by molar-refractivity contribution is 7.90. The molecule has 0 saturated heterocycles. The Hall–Kier alpha value is -1.52. The van der Waals surface area contributed by atoms with Crippen LogP contribution in [0.15, 0.2) is 47.4 Å². The van der Waals surface area contributed by atoms with E-state index in [1.54, 1.807) is 18.2 Å². The van der Waals surface area contributed by atoms with Crippen LogP contribution in [0.3, 0.4) is 0 Å². The Kier molecular flexibility index (Phi) is 2.57. The van der Waals surface area contributed by atoms with E-state index < -0.39 is 9.84 Å². The summed E-state index contributed by atoms with van der Waals surface area (Å²) in [5.74, 6) is 0.00477. The van der Waals surface area contributed by atoms with Crippen molar-refractivity contribution in [3.05, 3.63) is 53.1 Å². The molecule has 2 aromatic carbocycles. The SMILES string of the molecule is O=S1(=O)Cc2ccccc2Nc2cc(Cl)ccc21. The first kappa shape index (κ1) is 11.6. The van der Waals surface area contributed by atoms with Gasteiger partial charge >= 0.3 is 0 Å². The lowest BCUT2D eigenvalue weighted by atomic mass is 10.2. The number of halogens is 1. The van der Waals surface area contributed by atoms with Crippen molar-refractivity contribution < 1.29 is 8.42 Å². The molecule has 2 aromatic rings. The van der Waals surface area contributed by atoms with Crippen molar-refractivity contribution >= 4 is 32.8 Å². The molecule has 0 fully saturated rings. The maximum atomic E-state index is 12.3. The van der Waals surface area contributed by atoms with E-state index in [1.165, 1.54) is 0 Å². The van der Waals surface area contributed by atoms with E-state index in [9.17, 15) is 8.42 Å². The molecule has 1 aliphatic heterocycles. The summed E-state index contributed by atoms with van der Waals surface area (Å²) < 4.78 is 24.6. The predicted octanol–water partition coefficient (Wildman–Crippen LogP) is 3.37. The maximum absolute atomic E-state index is 12.3. The largest absolute Gasteiger partial charge is 0.354 e. The molecular weight excluding hydrogens is 270 g/mol. The molecule has 0 atom stereocenters. The zero-order valence-corrected chi connectivity index (χ0v) is 10.9. The predicted molar refractivity (Wildman–Crippen MR) is 72.1 cm³/mol. The average molecular weight is 280 g/mol. The average Bonchev–Trinajstić information content (AvgIpc) is 2.41. The van der Waals surface area contributed by atoms with Gasteiger partial charge in [-0.3, -0.25) is 0 Å². The van der Waals surface area contributed by atoms with Crippen molar-refractivity contribution in [2.75, 3.05) is 5.32 Å². The van der Waals surface area contributed by atoms with Gasteiger partial charge in [-0.15, -0.1) is 0 Å². The minimum absolute atomic E-state index is 0.00477. The van der Waals surface area contributed by atoms with Gasteiger partial charge in [0.15, 0.2) is 9.84 Å². The molecule has 0 aromatic heterocycles. The van der Waals surface area contributed by atoms with Crippen LogP contribution in [0.25, 0.3) is 0 Å². The van der Waals surface area contributed by atoms with Gasteiger partial charge in [-0.25, -0.2) is 8.42 Å². The highest BCUT2D eigenvalue weighted by atomic mass is 35.5. The van der Waals surface area contributed by atoms with Gasteiger partial charge in [0.25, 0.3) is 0 Å². The van der Waals surface area contributed by atoms with Crippen molar-refractivity contribution in [1.82, 2.24) is 0 Å². The van der Waals surface area contributed by atoms with E-state index >= 15 is 0 Å². The van der Waals surface area contributed by atoms with E-state index in [4.69, 9.17) is 11.6 Å². The lowest BCUT2D eigenvalue weighted by molar-refractivity contribution is 0.596. The molecule has 0 saturated carbocycles. The fourth-order valence-corrected chi connectivity index (χ4v) is 3.78. The van der Waals surface area contributed by atoms with Gasteiger partial charge in [0.2, 0.25) is 0 Å². The van der Waals surface area contributed by atoms with E-state index in [1.807, 2.05) is 24.3 Å². The van der Waals surface area contributed by atoms with Gasteiger partial charge in [0, 0.05) is 10.7 Å². The van der Waals surface area contributed by atoms with E-state index in [0.29, 0.717) is 15.6 Å². The minimum Gasteiger partial charge on any atom is -0.354 e. The number of fused-ring (bicyclic) bond motifs is 2. The molecule has 1 heterocycles. The molecule has 3 nitrogen and oxygen atoms in total. The molecule has 0 spiro atoms. The maximum Gasteiger partial charge on any atom is 0.184 e. The van der Waals surface area contributed by atoms with Crippen LogP contribution in [-0.4, -0.2) is 8.42 Å². The van der Waals surface area contributed by atoms with E-state index in [2.05, 4.69) is 5.32 Å². The van der Waals surface area contributed by atoms with Crippen LogP contribution in [0.2, 0.25) is 5.02 Å². The summed E-state index contributed by atoms with van der Waals surface area (Å²) in [5.41, 5.74) is 2.11. The van der Waals surface area contributed by atoms with Crippen LogP contribution < -0.4 is 5.32 Å². The summed E-state index contributed by atoms with van der Waals surface area (Å²) in [6.07, 6.45) is 0. The summed E-state index contributed by atoms with van der Waals surface area (Å²) in [4.78, 5) is 0.295. The molecule has 1 aliphatic rings. The molecule has 18 heavy (non-hydrogen) atoms. The second-order valence-corrected chi connectivity index (χ2v) is 6.58. The molecule has 3 rings (SSSR count). The fraction of sp³-hybridized carbons (Fsp3) is 0.0769. The summed E-state index contributed by atoms with van der Waals surface area (Å²) in [7, 11) is -3.33. The van der Waals surface area contributed by atoms with E-state index in [-0.39, 0.29) is 5.75 Å². The number of benzene rings is 2. The van der Waals surface area contributed by atoms with Crippen LogP contribution in [0.4, 0.5) is 11.4 Å². The number of anilines is 2. The zero-order valence-electron chi connectivity index (χ0n) is 9.35. The number of para-hydroxylation sites is 1. The monoisotopic (exact) mass is 279 g/mol. The van der Waals surface area contributed by atoms with Crippen LogP contribution >= 0.6 is 11.6 Å². The fourth-order valence-electron chi connectivity index (χ4n) is 2.07. The standard InChI is InChI=1S/C13H10ClNO2S/c14-10-5-6-13-12(7-10)15-11-4-2-1-3-9(11)8-18(13,16)17/h1-7,15H,8H2. The summed E-state index contributed by atoms with van der Waals surface area (Å²) in [6.45, 7) is 0. The van der Waals surface area contributed by atoms with Crippen molar-refractivity contribution in [1.29, 1.82) is 0 Å². The normalized spacial score (nSPS) is 16.1. The quantitative estimate of drug-likeness (QED) is 0.804. The molecule has 0 unspecified atom stereocenters. The highest BCUT2D eigenvalue weighted by Gasteiger charge is 2.24. The Bertz CT molecular complexity index is 726. The van der Waals surface area contributed by atoms with Crippen molar-refractivity contribution in [2.24, 2.45) is 0 Å². The van der Waals surface area contributed by atoms with Crippen molar-refractivity contribution in [2.45, 2.75) is 10.6 Å². The summed E-state index contributed by atoms with van der Waals surface area (Å²) >= 11 is 5.92. The molecule has 0 aliphatic carbocycles. The van der Waals surface area contributed by atoms with Gasteiger partial charge in [0.05, 0.1) is 16.3 Å². The molecule has 1 N–H and O–H groups in total. The van der Waals surface area contributed by atoms with Gasteiger partial charge in [-0.1, -0.05) is 29.8 Å². The highest BCUT2D eigenvalue weighted by Crippen LogP contribution is 2.35. The van der Waals surface area contributed by atoms with E-state index in [0.717, 1.165) is 11.3 Å². The molecule has 0 radical (unpaired) electrons. The second kappa shape index (κ2) is 4.00. The first-order valence-corrected chi connectivity index (χ1v) is 7.46. The Morgan fingerprint density at radius 1 is 1.06 bits per heavy atom. The Morgan fingerprint density at radius 2 is 1.83 bits per heavy atom. The minimum atomic E-state index is -3.33. The lowest BCUT2D eigenvalue weighted by Crippen LogP contribution is -2.03. The van der Waals surface area contributed by atoms with Gasteiger partial charge in [-0.05, 0) is 29.8 Å². The third kappa shape index (κ3) is 1.87. The van der Waals surface area contributed by atoms with Crippen LogP contribution in [0, 0.1) is 0 Å². The Morgan fingerprint density at radius 3 is 2.67 bits per heavy atom. The number of hydrogen-bond acceptors (Lipinski definition) is 3. The van der Waals surface area contributed by atoms with Gasteiger partial charge < -0.3 is 5.32 Å². The molecule has 0 bridgehead atoms. The zero-order chi connectivity index (χ0) is 12.8. The number of nitrogens with one attached hydrogen (secondary N) is 1. The van der Waals surface area contributed by atoms with Crippen LogP contribution in [0.1, 0.15) is 5.56 Å². The second-order valence-electron chi connectivity index (χ2n) is 4.18. The number of sulfone groups is 1. The third-order valence-corrected chi connectivity index (χ3v) is 4.86. The third-order valence-electron chi connectivity index (χ3n) is 2.91. The van der Waals surface area contributed by atoms with Crippen LogP contribution in [-0.2, 0) is 15.6 Å². The van der Waals surface area contributed by atoms with Crippen molar-refractivity contribution in [3.63, 3.8) is 0 Å². The smallest absolute Gasteiger partial charge is 0.184 e. The topological polar surface area (TPSA) is 46.2 Å².